The molecule has 3 heterocycles. The van der Waals surface area contributed by atoms with Crippen LogP contribution in [0.15, 0.2) is 54.9 Å². The third kappa shape index (κ3) is 4.43. The highest BCUT2D eigenvalue weighted by Gasteiger charge is 2.26. The van der Waals surface area contributed by atoms with E-state index >= 15 is 0 Å². The molecule has 172 valence electrons. The van der Waals surface area contributed by atoms with Gasteiger partial charge >= 0.3 is 0 Å². The maximum Gasteiger partial charge on any atom is 0.293 e. The number of carbonyl (C=O) groups is 1. The van der Waals surface area contributed by atoms with Crippen molar-refractivity contribution in [3.63, 3.8) is 0 Å². The molecule has 2 aromatic heterocycles. The van der Waals surface area contributed by atoms with Gasteiger partial charge in [-0.05, 0) is 24.3 Å². The number of nitro groups is 1. The van der Waals surface area contributed by atoms with Crippen molar-refractivity contribution in [1.82, 2.24) is 15.3 Å². The number of hydrogen-bond donors (Lipinski definition) is 2. The van der Waals surface area contributed by atoms with Gasteiger partial charge in [-0.3, -0.25) is 19.9 Å². The number of thiazole rings is 1. The number of para-hydroxylation sites is 1. The summed E-state index contributed by atoms with van der Waals surface area (Å²) in [5.41, 5.74) is 2.36. The van der Waals surface area contributed by atoms with Crippen LogP contribution in [0.2, 0.25) is 5.02 Å². The normalized spacial score (nSPS) is 13.7. The molecule has 0 saturated carbocycles. The van der Waals surface area contributed by atoms with Crippen LogP contribution >= 0.6 is 22.9 Å². The third-order valence-electron chi connectivity index (χ3n) is 5.50. The quantitative estimate of drug-likeness (QED) is 0.308. The van der Waals surface area contributed by atoms with Gasteiger partial charge in [0.25, 0.3) is 11.6 Å². The molecule has 1 amide bonds. The van der Waals surface area contributed by atoms with E-state index in [1.54, 1.807) is 12.3 Å². The molecule has 1 aliphatic rings. The molecule has 1 saturated heterocycles. The molecular weight excluding hydrogens is 476 g/mol. The molecule has 0 unspecified atom stereocenters. The number of nitrogens with one attached hydrogen (secondary N) is 2. The summed E-state index contributed by atoms with van der Waals surface area (Å²) in [4.78, 5) is 35.0. The molecule has 0 bridgehead atoms. The maximum absolute atomic E-state index is 13.0. The fraction of sp³-hybridized carbons (Fsp3) is 0.174. The van der Waals surface area contributed by atoms with E-state index in [1.165, 1.54) is 29.7 Å². The van der Waals surface area contributed by atoms with Crippen molar-refractivity contribution in [1.29, 1.82) is 0 Å². The molecule has 34 heavy (non-hydrogen) atoms. The minimum Gasteiger partial charge on any atom is -0.363 e. The lowest BCUT2D eigenvalue weighted by atomic mass is 10.1. The number of nitrogens with zero attached hydrogens (tertiary/aromatic N) is 4. The second-order valence-corrected chi connectivity index (χ2v) is 9.16. The minimum absolute atomic E-state index is 0.0256. The zero-order valence-corrected chi connectivity index (χ0v) is 19.4. The second kappa shape index (κ2) is 9.34. The van der Waals surface area contributed by atoms with Gasteiger partial charge in [0.15, 0.2) is 0 Å². The molecule has 2 aromatic carbocycles. The van der Waals surface area contributed by atoms with Crippen LogP contribution < -0.4 is 15.5 Å². The van der Waals surface area contributed by atoms with Crippen LogP contribution in [0, 0.1) is 10.1 Å². The van der Waals surface area contributed by atoms with Gasteiger partial charge in [0.2, 0.25) is 0 Å². The Labute approximate surface area is 203 Å². The molecule has 2 N–H and O–H groups in total. The van der Waals surface area contributed by atoms with Gasteiger partial charge in [-0.25, -0.2) is 4.98 Å². The lowest BCUT2D eigenvalue weighted by Crippen LogP contribution is -2.43. The highest BCUT2D eigenvalue weighted by Crippen LogP contribution is 2.35. The smallest absolute Gasteiger partial charge is 0.293 e. The summed E-state index contributed by atoms with van der Waals surface area (Å²) in [6.45, 7) is 2.67. The average molecular weight is 495 g/mol. The molecule has 11 heteroatoms. The van der Waals surface area contributed by atoms with Crippen molar-refractivity contribution in [2.45, 2.75) is 0 Å². The Morgan fingerprint density at radius 2 is 1.97 bits per heavy atom. The lowest BCUT2D eigenvalue weighted by molar-refractivity contribution is -0.384. The third-order valence-corrected chi connectivity index (χ3v) is 6.90. The number of carbonyl (C=O) groups excluding carboxylic acids is 1. The zero-order valence-electron chi connectivity index (χ0n) is 17.8. The number of hydrogen-bond acceptors (Lipinski definition) is 8. The summed E-state index contributed by atoms with van der Waals surface area (Å²) in [6.07, 6.45) is 3.18. The Morgan fingerprint density at radius 1 is 1.18 bits per heavy atom. The summed E-state index contributed by atoms with van der Waals surface area (Å²) in [6, 6.07) is 12.3. The SMILES string of the molecule is O=C(Nc1cncc(-c2nc3ccccc3s2)c1)c1cc([N+](=O)[O-])c(N2CCNCC2)cc1Cl. The first kappa shape index (κ1) is 22.2. The summed E-state index contributed by atoms with van der Waals surface area (Å²) < 4.78 is 1.05. The Hall–Kier alpha value is -3.60. The largest absolute Gasteiger partial charge is 0.363 e. The molecule has 0 spiro atoms. The van der Waals surface area contributed by atoms with Gasteiger partial charge < -0.3 is 15.5 Å². The van der Waals surface area contributed by atoms with Gasteiger partial charge in [0.05, 0.1) is 37.6 Å². The number of nitro benzene ring substituents is 1. The van der Waals surface area contributed by atoms with Crippen LogP contribution in [-0.4, -0.2) is 47.0 Å². The van der Waals surface area contributed by atoms with E-state index in [1.807, 2.05) is 29.2 Å². The van der Waals surface area contributed by atoms with Crippen LogP contribution in [-0.2, 0) is 0 Å². The maximum atomic E-state index is 13.0. The van der Waals surface area contributed by atoms with Crippen molar-refractivity contribution >= 4 is 56.1 Å². The summed E-state index contributed by atoms with van der Waals surface area (Å²) in [5.74, 6) is -0.553. The second-order valence-electron chi connectivity index (χ2n) is 7.72. The van der Waals surface area contributed by atoms with Gasteiger partial charge in [0.1, 0.15) is 10.7 Å². The highest BCUT2D eigenvalue weighted by molar-refractivity contribution is 7.21. The van der Waals surface area contributed by atoms with E-state index in [-0.39, 0.29) is 16.3 Å². The fourth-order valence-corrected chi connectivity index (χ4v) is 5.04. The Kier molecular flexibility index (Phi) is 6.10. The number of pyridine rings is 1. The topological polar surface area (TPSA) is 113 Å². The number of piperazine rings is 1. The lowest BCUT2D eigenvalue weighted by Gasteiger charge is -2.29. The van der Waals surface area contributed by atoms with E-state index in [0.717, 1.165) is 33.9 Å². The van der Waals surface area contributed by atoms with Crippen molar-refractivity contribution in [2.24, 2.45) is 0 Å². The van der Waals surface area contributed by atoms with Gasteiger partial charge in [0, 0.05) is 44.0 Å². The fourth-order valence-electron chi connectivity index (χ4n) is 3.85. The first-order chi connectivity index (χ1) is 16.5. The molecular formula is C23H19ClN6O3S. The molecule has 5 rings (SSSR count). The number of fused-ring (bicyclic) bond motifs is 1. The molecule has 4 aromatic rings. The van der Waals surface area contributed by atoms with Crippen LogP contribution in [0.25, 0.3) is 20.8 Å². The summed E-state index contributed by atoms with van der Waals surface area (Å²) in [7, 11) is 0. The Balaban J connectivity index is 1.42. The van der Waals surface area contributed by atoms with E-state index in [9.17, 15) is 14.9 Å². The first-order valence-electron chi connectivity index (χ1n) is 10.6. The Morgan fingerprint density at radius 3 is 2.74 bits per heavy atom. The standard InChI is InChI=1S/C23H19ClN6O3S/c24-17-11-19(29-7-5-25-6-8-29)20(30(32)33)10-16(17)22(31)27-15-9-14(12-26-13-15)23-28-18-3-1-2-4-21(18)34-23/h1-4,9-13,25H,5-8H2,(H,27,31). The summed E-state index contributed by atoms with van der Waals surface area (Å²) in [5, 5.41) is 18.6. The number of anilines is 2. The highest BCUT2D eigenvalue weighted by atomic mass is 35.5. The van der Waals surface area contributed by atoms with Crippen LogP contribution in [0.1, 0.15) is 10.4 Å². The number of aromatic nitrogens is 2. The number of halogens is 1. The van der Waals surface area contributed by atoms with E-state index in [4.69, 9.17) is 11.6 Å². The molecule has 0 radical (unpaired) electrons. The molecule has 1 fully saturated rings. The molecule has 0 aliphatic carbocycles. The summed E-state index contributed by atoms with van der Waals surface area (Å²) >= 11 is 7.94. The number of rotatable bonds is 5. The number of amides is 1. The van der Waals surface area contributed by atoms with E-state index < -0.39 is 10.8 Å². The predicted octanol–water partition coefficient (Wildman–Crippen LogP) is 4.58. The molecule has 9 nitrogen and oxygen atoms in total. The van der Waals surface area contributed by atoms with Crippen molar-refractivity contribution in [2.75, 3.05) is 36.4 Å². The molecule has 1 aliphatic heterocycles. The van der Waals surface area contributed by atoms with E-state index in [2.05, 4.69) is 20.6 Å². The van der Waals surface area contributed by atoms with Gasteiger partial charge in [-0.1, -0.05) is 23.7 Å². The Bertz CT molecular complexity index is 1370. The van der Waals surface area contributed by atoms with Gasteiger partial charge in [-0.15, -0.1) is 11.3 Å². The monoisotopic (exact) mass is 494 g/mol. The van der Waals surface area contributed by atoms with Crippen LogP contribution in [0.5, 0.6) is 0 Å². The first-order valence-corrected chi connectivity index (χ1v) is 11.7. The predicted molar refractivity (Wildman–Crippen MR) is 134 cm³/mol. The van der Waals surface area contributed by atoms with Crippen LogP contribution in [0.4, 0.5) is 17.1 Å². The van der Waals surface area contributed by atoms with Crippen LogP contribution in [0.3, 0.4) is 0 Å². The average Bonchev–Trinajstić information content (AvgIpc) is 3.29. The van der Waals surface area contributed by atoms with E-state index in [0.29, 0.717) is 24.5 Å². The van der Waals surface area contributed by atoms with Crippen molar-refractivity contribution in [3.8, 4) is 10.6 Å². The molecule has 0 atom stereocenters. The van der Waals surface area contributed by atoms with Crippen molar-refractivity contribution < 1.29 is 9.72 Å². The van der Waals surface area contributed by atoms with Gasteiger partial charge in [-0.2, -0.15) is 0 Å². The van der Waals surface area contributed by atoms with Crippen molar-refractivity contribution in [3.05, 3.63) is 75.6 Å². The minimum atomic E-state index is -0.553. The zero-order chi connectivity index (χ0) is 23.7. The number of benzene rings is 2.